The zero-order valence-corrected chi connectivity index (χ0v) is 15.9. The van der Waals surface area contributed by atoms with E-state index in [1.807, 2.05) is 85.2 Å². The van der Waals surface area contributed by atoms with Crippen LogP contribution in [-0.4, -0.2) is 12.4 Å². The zero-order valence-electron chi connectivity index (χ0n) is 12.7. The largest absolute Gasteiger partial charge is 0.256 e. The lowest BCUT2D eigenvalue weighted by Crippen LogP contribution is -1.84. The predicted octanol–water partition coefficient (Wildman–Crippen LogP) is 6.71. The molecule has 0 radical (unpaired) electrons. The number of nitrogens with zero attached hydrogens (tertiary/aromatic N) is 2. The number of benzene rings is 3. The first kappa shape index (κ1) is 16.8. The van der Waals surface area contributed by atoms with Gasteiger partial charge >= 0.3 is 0 Å². The predicted molar refractivity (Wildman–Crippen MR) is 109 cm³/mol. The van der Waals surface area contributed by atoms with Crippen molar-refractivity contribution in [2.24, 2.45) is 9.98 Å². The fraction of sp³-hybridized carbons (Fsp3) is 0. The van der Waals surface area contributed by atoms with Crippen molar-refractivity contribution in [3.63, 3.8) is 0 Å². The van der Waals surface area contributed by atoms with Gasteiger partial charge in [-0.3, -0.25) is 9.98 Å². The van der Waals surface area contributed by atoms with E-state index in [1.165, 1.54) is 0 Å². The molecule has 0 aliphatic carbocycles. The first-order chi connectivity index (χ1) is 11.7. The fourth-order valence-corrected chi connectivity index (χ4v) is 2.85. The van der Waals surface area contributed by atoms with E-state index in [0.717, 1.165) is 31.4 Å². The van der Waals surface area contributed by atoms with Gasteiger partial charge in [0.15, 0.2) is 0 Å². The minimum Gasteiger partial charge on any atom is -0.256 e. The van der Waals surface area contributed by atoms with E-state index in [0.29, 0.717) is 0 Å². The van der Waals surface area contributed by atoms with Crippen LogP contribution in [-0.2, 0) is 0 Å². The Morgan fingerprint density at radius 2 is 1.00 bits per heavy atom. The Hall–Kier alpha value is -2.04. The quantitative estimate of drug-likeness (QED) is 0.402. The molecule has 0 heterocycles. The molecule has 0 fully saturated rings. The second-order valence-corrected chi connectivity index (χ2v) is 6.97. The van der Waals surface area contributed by atoms with Crippen molar-refractivity contribution in [3.05, 3.63) is 92.9 Å². The summed E-state index contributed by atoms with van der Waals surface area (Å²) in [5.74, 6) is 0. The maximum absolute atomic E-state index is 4.48. The number of rotatable bonds is 4. The van der Waals surface area contributed by atoms with Crippen molar-refractivity contribution in [1.29, 1.82) is 0 Å². The molecule has 24 heavy (non-hydrogen) atoms. The van der Waals surface area contributed by atoms with Crippen LogP contribution in [0, 0.1) is 0 Å². The highest BCUT2D eigenvalue weighted by atomic mass is 79.9. The van der Waals surface area contributed by atoms with E-state index < -0.39 is 0 Å². The van der Waals surface area contributed by atoms with Crippen LogP contribution in [0.2, 0.25) is 0 Å². The van der Waals surface area contributed by atoms with E-state index in [4.69, 9.17) is 0 Å². The van der Waals surface area contributed by atoms with Crippen molar-refractivity contribution in [2.75, 3.05) is 0 Å². The van der Waals surface area contributed by atoms with Crippen molar-refractivity contribution >= 4 is 55.7 Å². The number of hydrogen-bond donors (Lipinski definition) is 0. The van der Waals surface area contributed by atoms with Gasteiger partial charge in [0.05, 0.1) is 11.4 Å². The molecule has 0 aromatic heterocycles. The summed E-state index contributed by atoms with van der Waals surface area (Å²) in [6.45, 7) is 0. The second kappa shape index (κ2) is 8.18. The molecule has 0 unspecified atom stereocenters. The molecule has 3 aromatic carbocycles. The van der Waals surface area contributed by atoms with Crippen LogP contribution in [0.5, 0.6) is 0 Å². The molecule has 0 saturated heterocycles. The molecule has 4 heteroatoms. The topological polar surface area (TPSA) is 24.7 Å². The van der Waals surface area contributed by atoms with Gasteiger partial charge < -0.3 is 0 Å². The summed E-state index contributed by atoms with van der Waals surface area (Å²) in [7, 11) is 0. The minimum atomic E-state index is 0.921. The molecule has 0 aliphatic heterocycles. The standard InChI is InChI=1S/C20H14Br2N2/c21-17-3-1-5-19(11-17)23-13-15-7-9-16(10-8-15)14-24-20-6-2-4-18(22)12-20/h1-14H. The molecule has 3 aromatic rings. The third-order valence-corrected chi connectivity index (χ3v) is 4.26. The lowest BCUT2D eigenvalue weighted by molar-refractivity contribution is 1.50. The van der Waals surface area contributed by atoms with Crippen molar-refractivity contribution in [1.82, 2.24) is 0 Å². The first-order valence-corrected chi connectivity index (χ1v) is 8.97. The van der Waals surface area contributed by atoms with Gasteiger partial charge in [-0.25, -0.2) is 0 Å². The maximum atomic E-state index is 4.48. The number of hydrogen-bond acceptors (Lipinski definition) is 2. The van der Waals surface area contributed by atoms with Crippen LogP contribution < -0.4 is 0 Å². The van der Waals surface area contributed by atoms with Crippen LogP contribution in [0.4, 0.5) is 11.4 Å². The molecule has 0 spiro atoms. The minimum absolute atomic E-state index is 0.921. The maximum Gasteiger partial charge on any atom is 0.0641 e. The Bertz CT molecular complexity index is 810. The lowest BCUT2D eigenvalue weighted by Gasteiger charge is -1.98. The van der Waals surface area contributed by atoms with Crippen LogP contribution in [0.25, 0.3) is 0 Å². The van der Waals surface area contributed by atoms with Crippen molar-refractivity contribution < 1.29 is 0 Å². The molecule has 0 aliphatic rings. The first-order valence-electron chi connectivity index (χ1n) is 7.38. The highest BCUT2D eigenvalue weighted by Crippen LogP contribution is 2.19. The average Bonchev–Trinajstić information content (AvgIpc) is 2.59. The summed E-state index contributed by atoms with van der Waals surface area (Å²) in [4.78, 5) is 8.95. The summed E-state index contributed by atoms with van der Waals surface area (Å²) in [6.07, 6.45) is 3.72. The molecular weight excluding hydrogens is 428 g/mol. The molecule has 0 saturated carbocycles. The molecule has 0 amide bonds. The van der Waals surface area contributed by atoms with E-state index in [-0.39, 0.29) is 0 Å². The third-order valence-electron chi connectivity index (χ3n) is 3.28. The molecular formula is C20H14Br2N2. The van der Waals surface area contributed by atoms with Crippen LogP contribution in [0.15, 0.2) is 91.7 Å². The smallest absolute Gasteiger partial charge is 0.0641 e. The zero-order chi connectivity index (χ0) is 16.8. The third kappa shape index (κ3) is 4.98. The van der Waals surface area contributed by atoms with Crippen molar-refractivity contribution in [2.45, 2.75) is 0 Å². The van der Waals surface area contributed by atoms with E-state index in [2.05, 4.69) is 41.8 Å². The van der Waals surface area contributed by atoms with Gasteiger partial charge in [-0.1, -0.05) is 68.3 Å². The highest BCUT2D eigenvalue weighted by molar-refractivity contribution is 9.10. The average molecular weight is 442 g/mol. The van der Waals surface area contributed by atoms with Gasteiger partial charge in [-0.05, 0) is 47.5 Å². The molecule has 0 atom stereocenters. The lowest BCUT2D eigenvalue weighted by atomic mass is 10.1. The summed E-state index contributed by atoms with van der Waals surface area (Å²) in [6, 6.07) is 23.9. The van der Waals surface area contributed by atoms with E-state index in [9.17, 15) is 0 Å². The van der Waals surface area contributed by atoms with Crippen LogP contribution in [0.3, 0.4) is 0 Å². The Kier molecular flexibility index (Phi) is 5.72. The molecule has 2 nitrogen and oxygen atoms in total. The monoisotopic (exact) mass is 440 g/mol. The van der Waals surface area contributed by atoms with Crippen molar-refractivity contribution in [3.8, 4) is 0 Å². The number of aliphatic imine (C=N–C) groups is 2. The van der Waals surface area contributed by atoms with Gasteiger partial charge in [-0.2, -0.15) is 0 Å². The fourth-order valence-electron chi connectivity index (χ4n) is 2.08. The molecule has 3 rings (SSSR count). The van der Waals surface area contributed by atoms with Gasteiger partial charge in [0.1, 0.15) is 0 Å². The Balaban J connectivity index is 1.69. The molecule has 118 valence electrons. The summed E-state index contributed by atoms with van der Waals surface area (Å²) in [5, 5.41) is 0. The van der Waals surface area contributed by atoms with Gasteiger partial charge in [0.2, 0.25) is 0 Å². The SMILES string of the molecule is Brc1cccc(N=Cc2ccc(C=Nc3cccc(Br)c3)cc2)c1. The molecule has 0 bridgehead atoms. The van der Waals surface area contributed by atoms with E-state index >= 15 is 0 Å². The Morgan fingerprint density at radius 3 is 1.38 bits per heavy atom. The number of halogens is 2. The van der Waals surface area contributed by atoms with Gasteiger partial charge in [0, 0.05) is 21.4 Å². The van der Waals surface area contributed by atoms with Crippen LogP contribution >= 0.6 is 31.9 Å². The van der Waals surface area contributed by atoms with E-state index in [1.54, 1.807) is 0 Å². The highest BCUT2D eigenvalue weighted by Gasteiger charge is 1.93. The summed E-state index contributed by atoms with van der Waals surface area (Å²) < 4.78 is 2.05. The second-order valence-electron chi connectivity index (χ2n) is 5.14. The van der Waals surface area contributed by atoms with Gasteiger partial charge in [0.25, 0.3) is 0 Å². The van der Waals surface area contributed by atoms with Crippen LogP contribution in [0.1, 0.15) is 11.1 Å². The Morgan fingerprint density at radius 1 is 0.583 bits per heavy atom. The summed E-state index contributed by atoms with van der Waals surface area (Å²) in [5.41, 5.74) is 3.94. The van der Waals surface area contributed by atoms with Gasteiger partial charge in [-0.15, -0.1) is 0 Å². The Labute approximate surface area is 158 Å². The summed E-state index contributed by atoms with van der Waals surface area (Å²) >= 11 is 6.89. The molecule has 0 N–H and O–H groups in total. The normalized spacial score (nSPS) is 11.4.